The van der Waals surface area contributed by atoms with Crippen LogP contribution in [0.3, 0.4) is 0 Å². The molecular formula is C9H17N3O5. The Morgan fingerprint density at radius 3 is 2.35 bits per heavy atom. The van der Waals surface area contributed by atoms with E-state index in [-0.39, 0.29) is 18.9 Å². The Labute approximate surface area is 98.6 Å². The van der Waals surface area contributed by atoms with Crippen molar-refractivity contribution in [2.75, 3.05) is 27.2 Å². The van der Waals surface area contributed by atoms with Gasteiger partial charge in [-0.05, 0) is 0 Å². The summed E-state index contributed by atoms with van der Waals surface area (Å²) in [4.78, 5) is 34.1. The van der Waals surface area contributed by atoms with Crippen LogP contribution < -0.4 is 10.6 Å². The summed E-state index contributed by atoms with van der Waals surface area (Å²) in [5.74, 6) is -1.54. The minimum absolute atomic E-state index is 0.122. The van der Waals surface area contributed by atoms with E-state index in [4.69, 9.17) is 10.2 Å². The third-order valence-corrected chi connectivity index (χ3v) is 2.08. The van der Waals surface area contributed by atoms with Gasteiger partial charge in [-0.1, -0.05) is 0 Å². The molecule has 0 unspecified atom stereocenters. The minimum atomic E-state index is -1.34. The van der Waals surface area contributed by atoms with Crippen molar-refractivity contribution in [3.63, 3.8) is 0 Å². The molecule has 8 heteroatoms. The van der Waals surface area contributed by atoms with Crippen LogP contribution in [-0.4, -0.2) is 66.3 Å². The third kappa shape index (κ3) is 5.71. The first-order valence-electron chi connectivity index (χ1n) is 4.98. The smallest absolute Gasteiger partial charge is 0.328 e. The predicted octanol–water partition coefficient (Wildman–Crippen LogP) is -1.79. The van der Waals surface area contributed by atoms with Crippen molar-refractivity contribution in [2.45, 2.75) is 12.5 Å². The molecule has 0 bridgehead atoms. The van der Waals surface area contributed by atoms with E-state index in [2.05, 4.69) is 10.6 Å². The summed E-state index contributed by atoms with van der Waals surface area (Å²) in [5.41, 5.74) is 0. The van der Waals surface area contributed by atoms with E-state index in [1.165, 1.54) is 19.0 Å². The molecule has 0 rings (SSSR count). The van der Waals surface area contributed by atoms with Crippen molar-refractivity contribution in [1.82, 2.24) is 15.5 Å². The number of amides is 3. The van der Waals surface area contributed by atoms with Crippen LogP contribution in [0.25, 0.3) is 0 Å². The summed E-state index contributed by atoms with van der Waals surface area (Å²) in [5, 5.41) is 21.8. The van der Waals surface area contributed by atoms with Gasteiger partial charge in [0.15, 0.2) is 6.04 Å². The molecule has 0 spiro atoms. The van der Waals surface area contributed by atoms with E-state index in [1.54, 1.807) is 0 Å². The van der Waals surface area contributed by atoms with E-state index in [1.807, 2.05) is 0 Å². The number of aliphatic carboxylic acids is 1. The van der Waals surface area contributed by atoms with Gasteiger partial charge in [0.1, 0.15) is 0 Å². The zero-order valence-electron chi connectivity index (χ0n) is 9.77. The molecule has 0 saturated heterocycles. The highest BCUT2D eigenvalue weighted by Gasteiger charge is 2.20. The summed E-state index contributed by atoms with van der Waals surface area (Å²) in [6.07, 6.45) is 0.122. The molecule has 0 saturated carbocycles. The molecule has 3 amide bonds. The van der Waals surface area contributed by atoms with Crippen molar-refractivity contribution in [2.24, 2.45) is 0 Å². The average molecular weight is 247 g/mol. The molecule has 0 aromatic rings. The lowest BCUT2D eigenvalue weighted by atomic mass is 10.3. The van der Waals surface area contributed by atoms with Crippen LogP contribution in [0.4, 0.5) is 4.79 Å². The van der Waals surface area contributed by atoms with Crippen LogP contribution >= 0.6 is 0 Å². The predicted molar refractivity (Wildman–Crippen MR) is 58.4 cm³/mol. The minimum Gasteiger partial charge on any atom is -0.480 e. The Morgan fingerprint density at radius 2 is 1.94 bits per heavy atom. The van der Waals surface area contributed by atoms with Gasteiger partial charge in [-0.15, -0.1) is 0 Å². The zero-order valence-corrected chi connectivity index (χ0v) is 9.77. The molecule has 0 fully saturated rings. The van der Waals surface area contributed by atoms with Crippen LogP contribution in [0.2, 0.25) is 0 Å². The van der Waals surface area contributed by atoms with Crippen LogP contribution in [0.1, 0.15) is 6.42 Å². The van der Waals surface area contributed by atoms with E-state index in [0.717, 1.165) is 0 Å². The van der Waals surface area contributed by atoms with Gasteiger partial charge in [-0.2, -0.15) is 0 Å². The Balaban J connectivity index is 4.12. The number of carboxylic acids is 1. The highest BCUT2D eigenvalue weighted by atomic mass is 16.4. The second kappa shape index (κ2) is 7.44. The fourth-order valence-corrected chi connectivity index (χ4v) is 0.941. The lowest BCUT2D eigenvalue weighted by Gasteiger charge is -2.20. The number of aliphatic hydroxyl groups is 1. The van der Waals surface area contributed by atoms with Gasteiger partial charge >= 0.3 is 12.0 Å². The summed E-state index contributed by atoms with van der Waals surface area (Å²) >= 11 is 0. The highest BCUT2D eigenvalue weighted by molar-refractivity contribution is 5.83. The summed E-state index contributed by atoms with van der Waals surface area (Å²) in [6, 6.07) is -2.00. The first-order chi connectivity index (χ1) is 7.92. The Kier molecular flexibility index (Phi) is 6.64. The molecule has 0 aromatic heterocycles. The van der Waals surface area contributed by atoms with Gasteiger partial charge in [-0.3, -0.25) is 4.79 Å². The number of hydrogen-bond donors (Lipinski definition) is 4. The van der Waals surface area contributed by atoms with Gasteiger partial charge in [0.05, 0.1) is 6.61 Å². The van der Waals surface area contributed by atoms with Crippen LogP contribution in [0.15, 0.2) is 0 Å². The molecular weight excluding hydrogens is 230 g/mol. The number of carbonyl (C=O) groups is 3. The maximum atomic E-state index is 11.4. The largest absolute Gasteiger partial charge is 0.480 e. The van der Waals surface area contributed by atoms with Crippen molar-refractivity contribution < 1.29 is 24.6 Å². The summed E-state index contributed by atoms with van der Waals surface area (Å²) < 4.78 is 0. The number of aliphatic hydroxyl groups excluding tert-OH is 1. The van der Waals surface area contributed by atoms with Crippen LogP contribution in [0, 0.1) is 0 Å². The van der Waals surface area contributed by atoms with E-state index in [0.29, 0.717) is 0 Å². The normalized spacial score (nSPS) is 11.5. The number of urea groups is 1. The van der Waals surface area contributed by atoms with Gasteiger partial charge < -0.3 is 25.7 Å². The molecule has 0 radical (unpaired) electrons. The number of rotatable bonds is 6. The number of nitrogens with zero attached hydrogens (tertiary/aromatic N) is 1. The number of hydrogen-bond acceptors (Lipinski definition) is 4. The lowest BCUT2D eigenvalue weighted by molar-refractivity contribution is -0.140. The van der Waals surface area contributed by atoms with Crippen molar-refractivity contribution >= 4 is 17.9 Å². The molecule has 4 N–H and O–H groups in total. The lowest BCUT2D eigenvalue weighted by Crippen LogP contribution is -2.48. The zero-order chi connectivity index (χ0) is 13.4. The first-order valence-corrected chi connectivity index (χ1v) is 4.98. The Bertz CT molecular complexity index is 294. The van der Waals surface area contributed by atoms with Crippen molar-refractivity contribution in [3.05, 3.63) is 0 Å². The molecule has 0 aliphatic carbocycles. The van der Waals surface area contributed by atoms with Gasteiger partial charge in [0.25, 0.3) is 0 Å². The maximum absolute atomic E-state index is 11.4. The van der Waals surface area contributed by atoms with E-state index >= 15 is 0 Å². The molecule has 17 heavy (non-hydrogen) atoms. The SMILES string of the molecule is CNC(=O)CCN(C)C(=O)N[C@@H](CO)C(=O)O. The molecule has 8 nitrogen and oxygen atoms in total. The second-order valence-electron chi connectivity index (χ2n) is 3.37. The third-order valence-electron chi connectivity index (χ3n) is 2.08. The summed E-state index contributed by atoms with van der Waals surface area (Å²) in [6.45, 7) is -0.534. The van der Waals surface area contributed by atoms with Gasteiger partial charge in [0.2, 0.25) is 5.91 Å². The molecule has 0 aliphatic rings. The fourth-order valence-electron chi connectivity index (χ4n) is 0.941. The number of nitrogens with one attached hydrogen (secondary N) is 2. The Morgan fingerprint density at radius 1 is 1.35 bits per heavy atom. The van der Waals surface area contributed by atoms with E-state index < -0.39 is 24.6 Å². The molecule has 1 atom stereocenters. The monoisotopic (exact) mass is 247 g/mol. The summed E-state index contributed by atoms with van der Waals surface area (Å²) in [7, 11) is 2.91. The highest BCUT2D eigenvalue weighted by Crippen LogP contribution is 1.91. The second-order valence-corrected chi connectivity index (χ2v) is 3.37. The van der Waals surface area contributed by atoms with Crippen molar-refractivity contribution in [1.29, 1.82) is 0 Å². The van der Waals surface area contributed by atoms with E-state index in [9.17, 15) is 14.4 Å². The molecule has 98 valence electrons. The quantitative estimate of drug-likeness (QED) is 0.442. The molecule has 0 heterocycles. The first kappa shape index (κ1) is 15.2. The topological polar surface area (TPSA) is 119 Å². The van der Waals surface area contributed by atoms with Crippen LogP contribution in [0.5, 0.6) is 0 Å². The number of carbonyl (C=O) groups excluding carboxylic acids is 2. The molecule has 0 aliphatic heterocycles. The van der Waals surface area contributed by atoms with Gasteiger partial charge in [0, 0.05) is 27.1 Å². The standard InChI is InChI=1S/C9H17N3O5/c1-10-7(14)3-4-12(2)9(17)11-6(5-13)8(15)16/h6,13H,3-5H2,1-2H3,(H,10,14)(H,11,17)(H,15,16)/t6-/m0/s1. The van der Waals surface area contributed by atoms with Crippen molar-refractivity contribution in [3.8, 4) is 0 Å². The average Bonchev–Trinajstić information content (AvgIpc) is 2.31. The number of carboxylic acid groups (broad SMARTS) is 1. The van der Waals surface area contributed by atoms with Gasteiger partial charge in [-0.25, -0.2) is 9.59 Å². The Hall–Kier alpha value is -1.83. The molecule has 0 aromatic carbocycles. The fraction of sp³-hybridized carbons (Fsp3) is 0.667. The van der Waals surface area contributed by atoms with Crippen LogP contribution in [-0.2, 0) is 9.59 Å². The maximum Gasteiger partial charge on any atom is 0.328 e.